The molecule has 5 nitrogen and oxygen atoms in total. The van der Waals surface area contributed by atoms with Crippen LogP contribution in [-0.4, -0.2) is 22.1 Å². The molecule has 88 valence electrons. The minimum atomic E-state index is -0.483. The van der Waals surface area contributed by atoms with Crippen molar-refractivity contribution in [3.63, 3.8) is 0 Å². The van der Waals surface area contributed by atoms with Crippen LogP contribution in [0, 0.1) is 0 Å². The third-order valence-corrected chi connectivity index (χ3v) is 2.08. The monoisotopic (exact) mass is 232 g/mol. The Morgan fingerprint density at radius 1 is 1.35 bits per heavy atom. The van der Waals surface area contributed by atoms with Gasteiger partial charge in [0.25, 0.3) is 0 Å². The van der Waals surface area contributed by atoms with E-state index in [0.29, 0.717) is 5.75 Å². The molecule has 0 aliphatic rings. The SMILES string of the molecule is Cn1ccnc1OC(=O)COc1ccccc1. The van der Waals surface area contributed by atoms with E-state index < -0.39 is 5.97 Å². The summed E-state index contributed by atoms with van der Waals surface area (Å²) in [5.41, 5.74) is 0. The van der Waals surface area contributed by atoms with Gasteiger partial charge in [-0.3, -0.25) is 0 Å². The number of benzene rings is 1. The van der Waals surface area contributed by atoms with E-state index in [-0.39, 0.29) is 12.6 Å². The number of carbonyl (C=O) groups excluding carboxylic acids is 1. The van der Waals surface area contributed by atoms with Gasteiger partial charge in [-0.2, -0.15) is 0 Å². The maximum atomic E-state index is 11.4. The van der Waals surface area contributed by atoms with Crippen molar-refractivity contribution < 1.29 is 14.3 Å². The van der Waals surface area contributed by atoms with E-state index in [1.165, 1.54) is 0 Å². The molecular formula is C12H12N2O3. The number of ether oxygens (including phenoxy) is 2. The Hall–Kier alpha value is -2.30. The number of esters is 1. The molecule has 0 amide bonds. The average Bonchev–Trinajstić information content (AvgIpc) is 2.74. The van der Waals surface area contributed by atoms with Gasteiger partial charge < -0.3 is 14.0 Å². The second-order valence-electron chi connectivity index (χ2n) is 3.40. The van der Waals surface area contributed by atoms with Gasteiger partial charge in [0.1, 0.15) is 5.75 Å². The lowest BCUT2D eigenvalue weighted by Gasteiger charge is -2.05. The predicted octanol–water partition coefficient (Wildman–Crippen LogP) is 1.40. The van der Waals surface area contributed by atoms with E-state index in [1.807, 2.05) is 18.2 Å². The van der Waals surface area contributed by atoms with E-state index in [9.17, 15) is 4.79 Å². The van der Waals surface area contributed by atoms with Crippen molar-refractivity contribution in [1.82, 2.24) is 9.55 Å². The number of aryl methyl sites for hydroxylation is 1. The molecule has 0 atom stereocenters. The molecule has 0 bridgehead atoms. The highest BCUT2D eigenvalue weighted by Gasteiger charge is 2.09. The highest BCUT2D eigenvalue weighted by molar-refractivity contribution is 5.73. The largest absolute Gasteiger partial charge is 0.482 e. The smallest absolute Gasteiger partial charge is 0.351 e. The fourth-order valence-electron chi connectivity index (χ4n) is 1.24. The van der Waals surface area contributed by atoms with Crippen LogP contribution in [0.25, 0.3) is 0 Å². The highest BCUT2D eigenvalue weighted by atomic mass is 16.6. The van der Waals surface area contributed by atoms with E-state index in [0.717, 1.165) is 0 Å². The summed E-state index contributed by atoms with van der Waals surface area (Å²) < 4.78 is 11.9. The number of nitrogens with zero attached hydrogens (tertiary/aromatic N) is 2. The number of hydrogen-bond donors (Lipinski definition) is 0. The first kappa shape index (κ1) is 11.2. The van der Waals surface area contributed by atoms with E-state index in [1.54, 1.807) is 36.1 Å². The number of carbonyl (C=O) groups is 1. The van der Waals surface area contributed by atoms with E-state index in [4.69, 9.17) is 9.47 Å². The summed E-state index contributed by atoms with van der Waals surface area (Å²) in [6, 6.07) is 9.34. The van der Waals surface area contributed by atoms with Crippen molar-refractivity contribution in [2.75, 3.05) is 6.61 Å². The van der Waals surface area contributed by atoms with Gasteiger partial charge in [-0.05, 0) is 12.1 Å². The van der Waals surface area contributed by atoms with Crippen LogP contribution in [0.3, 0.4) is 0 Å². The van der Waals surface area contributed by atoms with Crippen LogP contribution in [0.2, 0.25) is 0 Å². The zero-order valence-electron chi connectivity index (χ0n) is 9.37. The molecule has 5 heteroatoms. The first-order chi connectivity index (χ1) is 8.25. The van der Waals surface area contributed by atoms with Gasteiger partial charge in [0.2, 0.25) is 0 Å². The highest BCUT2D eigenvalue weighted by Crippen LogP contribution is 2.09. The third-order valence-electron chi connectivity index (χ3n) is 2.08. The molecule has 0 fully saturated rings. The van der Waals surface area contributed by atoms with Crippen LogP contribution in [-0.2, 0) is 11.8 Å². The van der Waals surface area contributed by atoms with Crippen LogP contribution in [0.5, 0.6) is 11.8 Å². The third kappa shape index (κ3) is 3.07. The van der Waals surface area contributed by atoms with Crippen molar-refractivity contribution in [2.24, 2.45) is 7.05 Å². The maximum Gasteiger partial charge on any atom is 0.351 e. The van der Waals surface area contributed by atoms with E-state index >= 15 is 0 Å². The first-order valence-electron chi connectivity index (χ1n) is 5.11. The summed E-state index contributed by atoms with van der Waals surface area (Å²) in [5.74, 6) is 0.146. The van der Waals surface area contributed by atoms with Crippen molar-refractivity contribution in [1.29, 1.82) is 0 Å². The normalized spacial score (nSPS) is 9.94. The Balaban J connectivity index is 1.85. The lowest BCUT2D eigenvalue weighted by atomic mass is 10.3. The lowest BCUT2D eigenvalue weighted by Crippen LogP contribution is -2.19. The van der Waals surface area contributed by atoms with Crippen molar-refractivity contribution >= 4 is 5.97 Å². The van der Waals surface area contributed by atoms with E-state index in [2.05, 4.69) is 4.98 Å². The molecule has 1 heterocycles. The minimum Gasteiger partial charge on any atom is -0.482 e. The summed E-state index contributed by atoms with van der Waals surface area (Å²) in [7, 11) is 1.74. The Morgan fingerprint density at radius 2 is 2.12 bits per heavy atom. The molecule has 17 heavy (non-hydrogen) atoms. The molecular weight excluding hydrogens is 220 g/mol. The summed E-state index contributed by atoms with van der Waals surface area (Å²) in [4.78, 5) is 15.3. The van der Waals surface area contributed by atoms with Gasteiger partial charge in [0.15, 0.2) is 6.61 Å². The molecule has 0 N–H and O–H groups in total. The summed E-state index contributed by atoms with van der Waals surface area (Å²) in [6.07, 6.45) is 3.25. The van der Waals surface area contributed by atoms with Crippen molar-refractivity contribution in [3.05, 3.63) is 42.7 Å². The van der Waals surface area contributed by atoms with Gasteiger partial charge in [0, 0.05) is 19.4 Å². The zero-order valence-corrected chi connectivity index (χ0v) is 9.37. The second kappa shape index (κ2) is 5.16. The average molecular weight is 232 g/mol. The molecule has 0 saturated heterocycles. The Morgan fingerprint density at radius 3 is 2.76 bits per heavy atom. The molecule has 0 aliphatic heterocycles. The number of imidazole rings is 1. The molecule has 1 aromatic heterocycles. The fraction of sp³-hybridized carbons (Fsp3) is 0.167. The Bertz CT molecular complexity index is 493. The van der Waals surface area contributed by atoms with Gasteiger partial charge in [-0.1, -0.05) is 18.2 Å². The van der Waals surface area contributed by atoms with Crippen LogP contribution < -0.4 is 9.47 Å². The standard InChI is InChI=1S/C12H12N2O3/c1-14-8-7-13-12(14)17-11(15)9-16-10-5-3-2-4-6-10/h2-8H,9H2,1H3. The predicted molar refractivity (Wildman–Crippen MR) is 60.8 cm³/mol. The quantitative estimate of drug-likeness (QED) is 0.748. The summed E-state index contributed by atoms with van der Waals surface area (Å²) in [5, 5.41) is 0. The summed E-state index contributed by atoms with van der Waals surface area (Å²) >= 11 is 0. The fourth-order valence-corrected chi connectivity index (χ4v) is 1.24. The molecule has 2 rings (SSSR count). The van der Waals surface area contributed by atoms with Crippen LogP contribution in [0.4, 0.5) is 0 Å². The molecule has 0 radical (unpaired) electrons. The first-order valence-corrected chi connectivity index (χ1v) is 5.11. The molecule has 2 aromatic rings. The Kier molecular flexibility index (Phi) is 3.40. The summed E-state index contributed by atoms with van der Waals surface area (Å²) in [6.45, 7) is -0.142. The second-order valence-corrected chi connectivity index (χ2v) is 3.40. The maximum absolute atomic E-state index is 11.4. The lowest BCUT2D eigenvalue weighted by molar-refractivity contribution is -0.137. The topological polar surface area (TPSA) is 53.4 Å². The molecule has 0 aliphatic carbocycles. The van der Waals surface area contributed by atoms with Crippen LogP contribution in [0.15, 0.2) is 42.7 Å². The van der Waals surface area contributed by atoms with Crippen LogP contribution >= 0.6 is 0 Å². The van der Waals surface area contributed by atoms with Crippen molar-refractivity contribution in [2.45, 2.75) is 0 Å². The Labute approximate surface area is 98.6 Å². The number of hydrogen-bond acceptors (Lipinski definition) is 4. The van der Waals surface area contributed by atoms with Gasteiger partial charge in [0.05, 0.1) is 0 Å². The molecule has 0 spiro atoms. The van der Waals surface area contributed by atoms with Crippen molar-refractivity contribution in [3.8, 4) is 11.8 Å². The minimum absolute atomic E-state index is 0.142. The van der Waals surface area contributed by atoms with Gasteiger partial charge >= 0.3 is 12.0 Å². The van der Waals surface area contributed by atoms with Crippen LogP contribution in [0.1, 0.15) is 0 Å². The van der Waals surface area contributed by atoms with Gasteiger partial charge in [-0.15, -0.1) is 0 Å². The zero-order chi connectivity index (χ0) is 12.1. The number of aromatic nitrogens is 2. The molecule has 0 unspecified atom stereocenters. The van der Waals surface area contributed by atoms with Gasteiger partial charge in [-0.25, -0.2) is 9.78 Å². The molecule has 1 aromatic carbocycles. The number of rotatable bonds is 4. The molecule has 0 saturated carbocycles. The number of para-hydroxylation sites is 1.